The molecule has 1 aliphatic rings. The van der Waals surface area contributed by atoms with E-state index in [0.717, 1.165) is 16.3 Å². The van der Waals surface area contributed by atoms with Crippen LogP contribution < -0.4 is 9.64 Å². The molecule has 1 heterocycles. The summed E-state index contributed by atoms with van der Waals surface area (Å²) in [7, 11) is 1.60. The van der Waals surface area contributed by atoms with Crippen LogP contribution in [0.1, 0.15) is 5.56 Å². The van der Waals surface area contributed by atoms with E-state index in [4.69, 9.17) is 17.0 Å². The summed E-state index contributed by atoms with van der Waals surface area (Å²) in [5.74, 6) is 0.579. The number of hydrogen-bond donors (Lipinski definition) is 0. The molecule has 5 heteroatoms. The Morgan fingerprint density at radius 2 is 1.81 bits per heavy atom. The maximum absolute atomic E-state index is 13.0. The summed E-state index contributed by atoms with van der Waals surface area (Å²) >= 11 is 6.78. The number of carbonyl (C=O) groups is 1. The summed E-state index contributed by atoms with van der Waals surface area (Å²) in [5.41, 5.74) is 1.72. The van der Waals surface area contributed by atoms with Gasteiger partial charge in [0.15, 0.2) is 4.32 Å². The highest BCUT2D eigenvalue weighted by Crippen LogP contribution is 2.37. The van der Waals surface area contributed by atoms with Gasteiger partial charge in [0.1, 0.15) is 5.75 Å². The lowest BCUT2D eigenvalue weighted by molar-refractivity contribution is -0.113. The zero-order chi connectivity index (χ0) is 18.1. The van der Waals surface area contributed by atoms with E-state index in [0.29, 0.717) is 20.7 Å². The normalized spacial score (nSPS) is 15.9. The van der Waals surface area contributed by atoms with Crippen molar-refractivity contribution in [3.8, 4) is 5.75 Å². The highest BCUT2D eigenvalue weighted by molar-refractivity contribution is 8.27. The fraction of sp³-hybridized carbons (Fsp3) is 0.0476. The number of benzene rings is 3. The molecule has 128 valence electrons. The Morgan fingerprint density at radius 1 is 1.04 bits per heavy atom. The number of amides is 1. The van der Waals surface area contributed by atoms with Crippen LogP contribution >= 0.6 is 24.0 Å². The van der Waals surface area contributed by atoms with Crippen LogP contribution in [0.4, 0.5) is 5.69 Å². The minimum atomic E-state index is -0.110. The Kier molecular flexibility index (Phi) is 4.49. The van der Waals surface area contributed by atoms with Gasteiger partial charge < -0.3 is 4.74 Å². The summed E-state index contributed by atoms with van der Waals surface area (Å²) in [6, 6.07) is 21.6. The van der Waals surface area contributed by atoms with Gasteiger partial charge in [0.2, 0.25) is 0 Å². The molecule has 1 saturated heterocycles. The monoisotopic (exact) mass is 377 g/mol. The Balaban J connectivity index is 1.73. The molecule has 3 aromatic rings. The summed E-state index contributed by atoms with van der Waals surface area (Å²) in [4.78, 5) is 15.1. The lowest BCUT2D eigenvalue weighted by atomic mass is 10.0. The third kappa shape index (κ3) is 3.00. The van der Waals surface area contributed by atoms with Gasteiger partial charge in [0.25, 0.3) is 5.91 Å². The summed E-state index contributed by atoms with van der Waals surface area (Å²) in [6.45, 7) is 0. The quantitative estimate of drug-likeness (QED) is 0.460. The minimum absolute atomic E-state index is 0.110. The second kappa shape index (κ2) is 6.94. The van der Waals surface area contributed by atoms with E-state index in [2.05, 4.69) is 18.2 Å². The first-order chi connectivity index (χ1) is 12.7. The van der Waals surface area contributed by atoms with Gasteiger partial charge in [-0.1, -0.05) is 72.5 Å². The number of methoxy groups -OCH3 is 1. The van der Waals surface area contributed by atoms with Gasteiger partial charge in [-0.2, -0.15) is 0 Å². The highest BCUT2D eigenvalue weighted by atomic mass is 32.2. The number of carbonyl (C=O) groups excluding carboxylic acids is 1. The van der Waals surface area contributed by atoms with E-state index >= 15 is 0 Å². The molecule has 0 aromatic heterocycles. The zero-order valence-corrected chi connectivity index (χ0v) is 15.6. The van der Waals surface area contributed by atoms with Crippen molar-refractivity contribution in [2.75, 3.05) is 12.0 Å². The van der Waals surface area contributed by atoms with Crippen LogP contribution in [-0.4, -0.2) is 17.3 Å². The fourth-order valence-corrected chi connectivity index (χ4v) is 4.25. The lowest BCUT2D eigenvalue weighted by Crippen LogP contribution is -2.27. The SMILES string of the molecule is COc1cccc(N2C(=O)/C(=C/c3cccc4ccccc34)SC2=S)c1. The van der Waals surface area contributed by atoms with Crippen LogP contribution in [-0.2, 0) is 4.79 Å². The van der Waals surface area contributed by atoms with E-state index in [1.165, 1.54) is 11.8 Å². The van der Waals surface area contributed by atoms with Crippen LogP contribution in [0.15, 0.2) is 71.6 Å². The van der Waals surface area contributed by atoms with Crippen molar-refractivity contribution in [2.45, 2.75) is 0 Å². The Hall–Kier alpha value is -2.63. The molecule has 4 rings (SSSR count). The van der Waals surface area contributed by atoms with E-state index in [9.17, 15) is 4.79 Å². The first kappa shape index (κ1) is 16.8. The third-order valence-electron chi connectivity index (χ3n) is 4.22. The average molecular weight is 377 g/mol. The standard InChI is InChI=1S/C21H15NO2S2/c1-24-17-10-5-9-16(13-17)22-20(23)19(26-21(22)25)12-15-8-4-7-14-6-2-3-11-18(14)15/h2-13H,1H3/b19-12-. The summed E-state index contributed by atoms with van der Waals surface area (Å²) in [5, 5.41) is 2.26. The van der Waals surface area contributed by atoms with E-state index < -0.39 is 0 Å². The molecule has 3 nitrogen and oxygen atoms in total. The lowest BCUT2D eigenvalue weighted by Gasteiger charge is -2.15. The first-order valence-electron chi connectivity index (χ1n) is 8.07. The van der Waals surface area contributed by atoms with Crippen LogP contribution in [0.3, 0.4) is 0 Å². The fourth-order valence-electron chi connectivity index (χ4n) is 2.96. The Morgan fingerprint density at radius 3 is 2.65 bits per heavy atom. The molecule has 0 saturated carbocycles. The molecule has 0 spiro atoms. The Labute approximate surface area is 161 Å². The summed E-state index contributed by atoms with van der Waals surface area (Å²) < 4.78 is 5.78. The predicted molar refractivity (Wildman–Crippen MR) is 113 cm³/mol. The number of ether oxygens (including phenoxy) is 1. The van der Waals surface area contributed by atoms with E-state index in [1.807, 2.05) is 54.6 Å². The maximum Gasteiger partial charge on any atom is 0.270 e. The number of hydrogen-bond acceptors (Lipinski definition) is 4. The number of nitrogens with zero attached hydrogens (tertiary/aromatic N) is 1. The van der Waals surface area contributed by atoms with Gasteiger partial charge in [-0.15, -0.1) is 0 Å². The van der Waals surface area contributed by atoms with Gasteiger partial charge in [-0.25, -0.2) is 0 Å². The molecule has 0 atom stereocenters. The van der Waals surface area contributed by atoms with Gasteiger partial charge in [-0.05, 0) is 34.5 Å². The number of rotatable bonds is 3. The van der Waals surface area contributed by atoms with Gasteiger partial charge >= 0.3 is 0 Å². The Bertz CT molecular complexity index is 1050. The molecular weight excluding hydrogens is 362 g/mol. The van der Waals surface area contributed by atoms with Crippen molar-refractivity contribution < 1.29 is 9.53 Å². The molecular formula is C21H15NO2S2. The maximum atomic E-state index is 13.0. The van der Waals surface area contributed by atoms with Gasteiger partial charge in [-0.3, -0.25) is 9.69 Å². The van der Waals surface area contributed by atoms with E-state index in [-0.39, 0.29) is 5.91 Å². The molecule has 26 heavy (non-hydrogen) atoms. The molecule has 0 radical (unpaired) electrons. The number of anilines is 1. The van der Waals surface area contributed by atoms with Crippen molar-refractivity contribution in [3.05, 3.63) is 77.2 Å². The van der Waals surface area contributed by atoms with E-state index in [1.54, 1.807) is 12.0 Å². The van der Waals surface area contributed by atoms with Crippen LogP contribution in [0.2, 0.25) is 0 Å². The molecule has 0 N–H and O–H groups in total. The van der Waals surface area contributed by atoms with Crippen LogP contribution in [0.5, 0.6) is 5.75 Å². The van der Waals surface area contributed by atoms with Crippen molar-refractivity contribution in [2.24, 2.45) is 0 Å². The van der Waals surface area contributed by atoms with Crippen LogP contribution in [0, 0.1) is 0 Å². The topological polar surface area (TPSA) is 29.5 Å². The molecule has 1 amide bonds. The van der Waals surface area contributed by atoms with Crippen molar-refractivity contribution in [3.63, 3.8) is 0 Å². The summed E-state index contributed by atoms with van der Waals surface area (Å²) in [6.07, 6.45) is 1.92. The minimum Gasteiger partial charge on any atom is -0.497 e. The van der Waals surface area contributed by atoms with Gasteiger partial charge in [0, 0.05) is 6.07 Å². The highest BCUT2D eigenvalue weighted by Gasteiger charge is 2.33. The van der Waals surface area contributed by atoms with Crippen molar-refractivity contribution in [1.29, 1.82) is 0 Å². The molecule has 1 fully saturated rings. The molecule has 0 aliphatic carbocycles. The van der Waals surface area contributed by atoms with Gasteiger partial charge in [0.05, 0.1) is 17.7 Å². The molecule has 0 bridgehead atoms. The number of thioether (sulfide) groups is 1. The smallest absolute Gasteiger partial charge is 0.270 e. The van der Waals surface area contributed by atoms with Crippen molar-refractivity contribution in [1.82, 2.24) is 0 Å². The second-order valence-electron chi connectivity index (χ2n) is 5.79. The molecule has 1 aliphatic heterocycles. The van der Waals surface area contributed by atoms with Crippen molar-refractivity contribution >= 4 is 56.7 Å². The second-order valence-corrected chi connectivity index (χ2v) is 7.46. The molecule has 0 unspecified atom stereocenters. The average Bonchev–Trinajstić information content (AvgIpc) is 2.95. The predicted octanol–water partition coefficient (Wildman–Crippen LogP) is 5.25. The third-order valence-corrected chi connectivity index (χ3v) is 5.52. The molecule has 3 aromatic carbocycles. The zero-order valence-electron chi connectivity index (χ0n) is 14.0. The first-order valence-corrected chi connectivity index (χ1v) is 9.29. The van der Waals surface area contributed by atoms with Crippen LogP contribution in [0.25, 0.3) is 16.8 Å². The largest absolute Gasteiger partial charge is 0.497 e. The number of thiocarbonyl (C=S) groups is 1. The number of fused-ring (bicyclic) bond motifs is 1.